The SMILES string of the molecule is COC(C)/N=C(\N)NC(=S)NCCCc1ccncc1. The molecule has 20 heavy (non-hydrogen) atoms. The summed E-state index contributed by atoms with van der Waals surface area (Å²) >= 11 is 5.12. The molecule has 7 heteroatoms. The van der Waals surface area contributed by atoms with E-state index in [-0.39, 0.29) is 12.2 Å². The van der Waals surface area contributed by atoms with Crippen LogP contribution in [0, 0.1) is 0 Å². The molecule has 1 heterocycles. The Kier molecular flexibility index (Phi) is 7.52. The monoisotopic (exact) mass is 295 g/mol. The number of hydrogen-bond donors (Lipinski definition) is 3. The standard InChI is InChI=1S/C13H21N5OS/c1-10(19-2)17-12(14)18-13(20)16-7-3-4-11-5-8-15-9-6-11/h5-6,8-10H,3-4,7H2,1-2H3,(H4,14,16,17,18,20). The molecule has 0 amide bonds. The van der Waals surface area contributed by atoms with Gasteiger partial charge in [0.25, 0.3) is 0 Å². The third kappa shape index (κ3) is 7.01. The number of rotatable bonds is 6. The van der Waals surface area contributed by atoms with Crippen LogP contribution in [0.4, 0.5) is 0 Å². The smallest absolute Gasteiger partial charge is 0.197 e. The van der Waals surface area contributed by atoms with Gasteiger partial charge in [0.15, 0.2) is 11.1 Å². The van der Waals surface area contributed by atoms with E-state index in [1.165, 1.54) is 5.56 Å². The molecule has 0 aliphatic rings. The number of thiocarbonyl (C=S) groups is 1. The van der Waals surface area contributed by atoms with Crippen LogP contribution in [0.25, 0.3) is 0 Å². The van der Waals surface area contributed by atoms with Crippen LogP contribution in [-0.2, 0) is 11.2 Å². The first-order valence-electron chi connectivity index (χ1n) is 6.41. The van der Waals surface area contributed by atoms with Crippen molar-refractivity contribution in [3.05, 3.63) is 30.1 Å². The lowest BCUT2D eigenvalue weighted by Gasteiger charge is -2.11. The molecule has 6 nitrogen and oxygen atoms in total. The molecular weight excluding hydrogens is 274 g/mol. The summed E-state index contributed by atoms with van der Waals surface area (Å²) in [5.74, 6) is 0.242. The Bertz CT molecular complexity index is 438. The Labute approximate surface area is 124 Å². The van der Waals surface area contributed by atoms with Crippen LogP contribution in [0.3, 0.4) is 0 Å². The van der Waals surface area contributed by atoms with Crippen LogP contribution in [0.15, 0.2) is 29.5 Å². The van der Waals surface area contributed by atoms with Crippen molar-refractivity contribution >= 4 is 23.3 Å². The highest BCUT2D eigenvalue weighted by Crippen LogP contribution is 1.99. The van der Waals surface area contributed by atoms with E-state index in [1.807, 2.05) is 12.1 Å². The molecule has 0 saturated heterocycles. The summed E-state index contributed by atoms with van der Waals surface area (Å²) in [6, 6.07) is 4.01. The molecule has 1 aromatic heterocycles. The lowest BCUT2D eigenvalue weighted by molar-refractivity contribution is 0.126. The third-order valence-electron chi connectivity index (χ3n) is 2.58. The second-order valence-corrected chi connectivity index (χ2v) is 4.60. The van der Waals surface area contributed by atoms with Crippen LogP contribution in [0.5, 0.6) is 0 Å². The van der Waals surface area contributed by atoms with Gasteiger partial charge in [0.1, 0.15) is 6.23 Å². The second-order valence-electron chi connectivity index (χ2n) is 4.19. The Balaban J connectivity index is 2.19. The summed E-state index contributed by atoms with van der Waals surface area (Å²) in [7, 11) is 1.57. The molecule has 0 aromatic carbocycles. The lowest BCUT2D eigenvalue weighted by Crippen LogP contribution is -2.44. The molecule has 0 spiro atoms. The Morgan fingerprint density at radius 1 is 1.50 bits per heavy atom. The Morgan fingerprint density at radius 3 is 2.85 bits per heavy atom. The molecule has 1 aromatic rings. The number of pyridine rings is 1. The van der Waals surface area contributed by atoms with Gasteiger partial charge in [-0.15, -0.1) is 0 Å². The maximum atomic E-state index is 5.67. The average Bonchev–Trinajstić information content (AvgIpc) is 2.44. The molecule has 0 aliphatic heterocycles. The van der Waals surface area contributed by atoms with E-state index in [2.05, 4.69) is 20.6 Å². The van der Waals surface area contributed by atoms with Crippen molar-refractivity contribution in [1.29, 1.82) is 0 Å². The van der Waals surface area contributed by atoms with Crippen LogP contribution in [0.2, 0.25) is 0 Å². The predicted molar refractivity (Wildman–Crippen MR) is 84.4 cm³/mol. The molecule has 1 atom stereocenters. The molecule has 1 rings (SSSR count). The van der Waals surface area contributed by atoms with Gasteiger partial charge in [-0.3, -0.25) is 4.98 Å². The number of ether oxygens (including phenoxy) is 1. The molecule has 0 radical (unpaired) electrons. The molecule has 110 valence electrons. The maximum absolute atomic E-state index is 5.67. The quantitative estimate of drug-likeness (QED) is 0.311. The third-order valence-corrected chi connectivity index (χ3v) is 2.83. The Hall–Kier alpha value is -1.73. The van der Waals surface area contributed by atoms with Crippen LogP contribution < -0.4 is 16.4 Å². The van der Waals surface area contributed by atoms with E-state index in [4.69, 9.17) is 22.7 Å². The van der Waals surface area contributed by atoms with Crippen molar-refractivity contribution in [2.24, 2.45) is 10.7 Å². The minimum absolute atomic E-state index is 0.242. The number of aliphatic imine (C=N–C) groups is 1. The first-order valence-corrected chi connectivity index (χ1v) is 6.82. The van der Waals surface area contributed by atoms with Gasteiger partial charge < -0.3 is 21.1 Å². The van der Waals surface area contributed by atoms with E-state index in [1.54, 1.807) is 26.4 Å². The van der Waals surface area contributed by atoms with Gasteiger partial charge in [-0.1, -0.05) is 0 Å². The van der Waals surface area contributed by atoms with Crippen molar-refractivity contribution in [1.82, 2.24) is 15.6 Å². The van der Waals surface area contributed by atoms with Crippen molar-refractivity contribution < 1.29 is 4.74 Å². The van der Waals surface area contributed by atoms with Crippen molar-refractivity contribution in [3.8, 4) is 0 Å². The summed E-state index contributed by atoms with van der Waals surface area (Å²) in [6.07, 6.45) is 5.24. The average molecular weight is 295 g/mol. The first-order chi connectivity index (χ1) is 9.61. The molecule has 0 saturated carbocycles. The number of guanidine groups is 1. The normalized spacial score (nSPS) is 12.8. The van der Waals surface area contributed by atoms with Gasteiger partial charge in [0.2, 0.25) is 0 Å². The molecule has 1 unspecified atom stereocenters. The fourth-order valence-electron chi connectivity index (χ4n) is 1.49. The minimum atomic E-state index is -0.294. The molecular formula is C13H21N5OS. The molecule has 0 aliphatic carbocycles. The van der Waals surface area contributed by atoms with Gasteiger partial charge in [-0.2, -0.15) is 0 Å². The van der Waals surface area contributed by atoms with Gasteiger partial charge in [0.05, 0.1) is 0 Å². The highest BCUT2D eigenvalue weighted by Gasteiger charge is 2.00. The zero-order chi connectivity index (χ0) is 14.8. The van der Waals surface area contributed by atoms with Gasteiger partial charge in [0, 0.05) is 26.0 Å². The minimum Gasteiger partial charge on any atom is -0.370 e. The van der Waals surface area contributed by atoms with E-state index >= 15 is 0 Å². The van der Waals surface area contributed by atoms with Crippen LogP contribution in [0.1, 0.15) is 18.9 Å². The Morgan fingerprint density at radius 2 is 2.20 bits per heavy atom. The number of nitrogens with one attached hydrogen (secondary N) is 2. The van der Waals surface area contributed by atoms with E-state index in [0.29, 0.717) is 5.11 Å². The van der Waals surface area contributed by atoms with E-state index in [0.717, 1.165) is 19.4 Å². The number of methoxy groups -OCH3 is 1. The molecule has 4 N–H and O–H groups in total. The van der Waals surface area contributed by atoms with Gasteiger partial charge in [-0.25, -0.2) is 4.99 Å². The summed E-state index contributed by atoms with van der Waals surface area (Å²) in [6.45, 7) is 2.56. The summed E-state index contributed by atoms with van der Waals surface area (Å²) in [4.78, 5) is 8.02. The molecule has 0 fully saturated rings. The zero-order valence-electron chi connectivity index (χ0n) is 11.8. The predicted octanol–water partition coefficient (Wildman–Crippen LogP) is 0.785. The van der Waals surface area contributed by atoms with Crippen molar-refractivity contribution in [2.75, 3.05) is 13.7 Å². The fourth-order valence-corrected chi connectivity index (χ4v) is 1.69. The summed E-state index contributed by atoms with van der Waals surface area (Å²) < 4.78 is 4.97. The zero-order valence-corrected chi connectivity index (χ0v) is 12.6. The van der Waals surface area contributed by atoms with Crippen LogP contribution in [-0.4, -0.2) is 35.9 Å². The highest BCUT2D eigenvalue weighted by atomic mass is 32.1. The summed E-state index contributed by atoms with van der Waals surface area (Å²) in [5, 5.41) is 6.34. The van der Waals surface area contributed by atoms with Gasteiger partial charge in [-0.05, 0) is 49.7 Å². The number of aromatic nitrogens is 1. The van der Waals surface area contributed by atoms with Crippen LogP contribution >= 0.6 is 12.2 Å². The fraction of sp³-hybridized carbons (Fsp3) is 0.462. The van der Waals surface area contributed by atoms with Gasteiger partial charge >= 0.3 is 0 Å². The number of aryl methyl sites for hydroxylation is 1. The first kappa shape index (κ1) is 16.3. The number of nitrogens with two attached hydrogens (primary N) is 1. The summed E-state index contributed by atoms with van der Waals surface area (Å²) in [5.41, 5.74) is 6.93. The van der Waals surface area contributed by atoms with E-state index in [9.17, 15) is 0 Å². The van der Waals surface area contributed by atoms with E-state index < -0.39 is 0 Å². The lowest BCUT2D eigenvalue weighted by atomic mass is 10.1. The van der Waals surface area contributed by atoms with Crippen molar-refractivity contribution in [2.45, 2.75) is 26.0 Å². The second kappa shape index (κ2) is 9.22. The van der Waals surface area contributed by atoms with Crippen molar-refractivity contribution in [3.63, 3.8) is 0 Å². The molecule has 0 bridgehead atoms. The maximum Gasteiger partial charge on any atom is 0.197 e. The largest absolute Gasteiger partial charge is 0.370 e. The number of nitrogens with zero attached hydrogens (tertiary/aromatic N) is 2. The topological polar surface area (TPSA) is 84.6 Å². The highest BCUT2D eigenvalue weighted by molar-refractivity contribution is 7.80. The number of hydrogen-bond acceptors (Lipinski definition) is 4.